The predicted molar refractivity (Wildman–Crippen MR) is 60.7 cm³/mol. The molecule has 78 valence electrons. The third-order valence-corrected chi connectivity index (χ3v) is 2.56. The van der Waals surface area contributed by atoms with Crippen molar-refractivity contribution in [2.45, 2.75) is 20.8 Å². The van der Waals surface area contributed by atoms with Crippen molar-refractivity contribution >= 4 is 5.69 Å². The van der Waals surface area contributed by atoms with Crippen LogP contribution >= 0.6 is 0 Å². The van der Waals surface area contributed by atoms with Gasteiger partial charge < -0.3 is 10.4 Å². The van der Waals surface area contributed by atoms with E-state index < -0.39 is 0 Å². The van der Waals surface area contributed by atoms with Crippen molar-refractivity contribution in [3.63, 3.8) is 0 Å². The Bertz CT molecular complexity index is 296. The molecule has 0 aliphatic rings. The first-order valence-corrected chi connectivity index (χ1v) is 5.06. The quantitative estimate of drug-likeness (QED) is 0.769. The summed E-state index contributed by atoms with van der Waals surface area (Å²) in [6.45, 7) is 7.30. The van der Waals surface area contributed by atoms with E-state index in [-0.39, 0.29) is 6.61 Å². The topological polar surface area (TPSA) is 32.3 Å². The molecule has 1 aromatic rings. The molecule has 1 atom stereocenters. The van der Waals surface area contributed by atoms with Crippen molar-refractivity contribution in [3.05, 3.63) is 29.3 Å². The van der Waals surface area contributed by atoms with Crippen molar-refractivity contribution < 1.29 is 5.11 Å². The molecule has 0 radical (unpaired) electrons. The van der Waals surface area contributed by atoms with Gasteiger partial charge >= 0.3 is 0 Å². The summed E-state index contributed by atoms with van der Waals surface area (Å²) in [5.74, 6) is 0.301. The monoisotopic (exact) mass is 193 g/mol. The van der Waals surface area contributed by atoms with Crippen molar-refractivity contribution in [2.24, 2.45) is 5.92 Å². The van der Waals surface area contributed by atoms with E-state index in [0.717, 1.165) is 6.54 Å². The van der Waals surface area contributed by atoms with Crippen LogP contribution in [-0.4, -0.2) is 18.3 Å². The Morgan fingerprint density at radius 2 is 2.07 bits per heavy atom. The number of nitrogens with one attached hydrogen (secondary N) is 1. The second kappa shape index (κ2) is 5.01. The van der Waals surface area contributed by atoms with Crippen LogP contribution in [0.5, 0.6) is 0 Å². The van der Waals surface area contributed by atoms with E-state index in [9.17, 15) is 0 Å². The summed E-state index contributed by atoms with van der Waals surface area (Å²) in [6.07, 6.45) is 0. The van der Waals surface area contributed by atoms with Crippen LogP contribution in [0.4, 0.5) is 5.69 Å². The van der Waals surface area contributed by atoms with Crippen LogP contribution in [0.1, 0.15) is 18.1 Å². The van der Waals surface area contributed by atoms with Gasteiger partial charge in [0, 0.05) is 18.8 Å². The summed E-state index contributed by atoms with van der Waals surface area (Å²) in [5, 5.41) is 12.2. The summed E-state index contributed by atoms with van der Waals surface area (Å²) in [7, 11) is 0. The Morgan fingerprint density at radius 3 is 2.71 bits per heavy atom. The second-order valence-corrected chi connectivity index (χ2v) is 3.92. The Kier molecular flexibility index (Phi) is 3.96. The van der Waals surface area contributed by atoms with Gasteiger partial charge in [0.1, 0.15) is 0 Å². The molecule has 2 N–H and O–H groups in total. The van der Waals surface area contributed by atoms with Crippen LogP contribution in [-0.2, 0) is 0 Å². The highest BCUT2D eigenvalue weighted by Crippen LogP contribution is 2.17. The van der Waals surface area contributed by atoms with Gasteiger partial charge in [-0.15, -0.1) is 0 Å². The smallest absolute Gasteiger partial charge is 0.0473 e. The van der Waals surface area contributed by atoms with Crippen LogP contribution in [0.3, 0.4) is 0 Å². The van der Waals surface area contributed by atoms with E-state index >= 15 is 0 Å². The number of aryl methyl sites for hydroxylation is 1. The maximum absolute atomic E-state index is 8.90. The lowest BCUT2D eigenvalue weighted by Crippen LogP contribution is -2.15. The van der Waals surface area contributed by atoms with Crippen molar-refractivity contribution in [1.82, 2.24) is 0 Å². The number of aliphatic hydroxyl groups is 1. The third kappa shape index (κ3) is 2.74. The Labute approximate surface area is 86.0 Å². The molecule has 14 heavy (non-hydrogen) atoms. The van der Waals surface area contributed by atoms with Crippen LogP contribution in [0, 0.1) is 19.8 Å². The van der Waals surface area contributed by atoms with Gasteiger partial charge in [-0.25, -0.2) is 0 Å². The number of benzene rings is 1. The molecule has 1 aromatic carbocycles. The summed E-state index contributed by atoms with van der Waals surface area (Å²) in [5.41, 5.74) is 3.76. The molecule has 1 unspecified atom stereocenters. The van der Waals surface area contributed by atoms with Crippen molar-refractivity contribution in [1.29, 1.82) is 0 Å². The van der Waals surface area contributed by atoms with Gasteiger partial charge in [-0.2, -0.15) is 0 Å². The summed E-state index contributed by atoms with van der Waals surface area (Å²) < 4.78 is 0. The average Bonchev–Trinajstić information content (AvgIpc) is 2.20. The Hall–Kier alpha value is -1.02. The molecule has 0 aromatic heterocycles. The zero-order valence-electron chi connectivity index (χ0n) is 9.17. The van der Waals surface area contributed by atoms with E-state index in [4.69, 9.17) is 5.11 Å². The normalized spacial score (nSPS) is 12.6. The molecular weight excluding hydrogens is 174 g/mol. The maximum Gasteiger partial charge on any atom is 0.0473 e. The minimum absolute atomic E-state index is 0.234. The zero-order valence-corrected chi connectivity index (χ0v) is 9.17. The van der Waals surface area contributed by atoms with E-state index in [2.05, 4.69) is 31.3 Å². The van der Waals surface area contributed by atoms with Crippen LogP contribution in [0.15, 0.2) is 18.2 Å². The Morgan fingerprint density at radius 1 is 1.36 bits per heavy atom. The number of anilines is 1. The Balaban J connectivity index is 2.63. The van der Waals surface area contributed by atoms with Gasteiger partial charge in [0.25, 0.3) is 0 Å². The fourth-order valence-electron chi connectivity index (χ4n) is 1.29. The van der Waals surface area contributed by atoms with E-state index in [1.165, 1.54) is 16.8 Å². The molecule has 0 saturated carbocycles. The highest BCUT2D eigenvalue weighted by Gasteiger charge is 2.02. The molecule has 0 bridgehead atoms. The number of hydrogen-bond donors (Lipinski definition) is 2. The summed E-state index contributed by atoms with van der Waals surface area (Å²) in [4.78, 5) is 0. The summed E-state index contributed by atoms with van der Waals surface area (Å²) >= 11 is 0. The van der Waals surface area contributed by atoms with E-state index in [1.807, 2.05) is 13.0 Å². The molecular formula is C12H19NO. The average molecular weight is 193 g/mol. The van der Waals surface area contributed by atoms with Gasteiger partial charge in [-0.3, -0.25) is 0 Å². The van der Waals surface area contributed by atoms with Crippen LogP contribution in [0.25, 0.3) is 0 Å². The molecule has 2 nitrogen and oxygen atoms in total. The van der Waals surface area contributed by atoms with Crippen molar-refractivity contribution in [3.8, 4) is 0 Å². The van der Waals surface area contributed by atoms with Gasteiger partial charge in [0.05, 0.1) is 0 Å². The first-order chi connectivity index (χ1) is 6.65. The van der Waals surface area contributed by atoms with Gasteiger partial charge in [-0.1, -0.05) is 19.1 Å². The number of aliphatic hydroxyl groups excluding tert-OH is 1. The fourth-order valence-corrected chi connectivity index (χ4v) is 1.29. The largest absolute Gasteiger partial charge is 0.396 e. The first kappa shape index (κ1) is 11.1. The van der Waals surface area contributed by atoms with Gasteiger partial charge in [-0.05, 0) is 37.0 Å². The van der Waals surface area contributed by atoms with Crippen LogP contribution < -0.4 is 5.32 Å². The number of rotatable bonds is 4. The fraction of sp³-hybridized carbons (Fsp3) is 0.500. The lowest BCUT2D eigenvalue weighted by Gasteiger charge is -2.14. The highest BCUT2D eigenvalue weighted by atomic mass is 16.3. The molecule has 0 amide bonds. The van der Waals surface area contributed by atoms with Crippen LogP contribution in [0.2, 0.25) is 0 Å². The van der Waals surface area contributed by atoms with Gasteiger partial charge in [0.2, 0.25) is 0 Å². The van der Waals surface area contributed by atoms with E-state index in [1.54, 1.807) is 0 Å². The molecule has 2 heteroatoms. The second-order valence-electron chi connectivity index (χ2n) is 3.92. The molecule has 0 aliphatic heterocycles. The number of hydrogen-bond acceptors (Lipinski definition) is 2. The first-order valence-electron chi connectivity index (χ1n) is 5.06. The summed E-state index contributed by atoms with van der Waals surface area (Å²) in [6, 6.07) is 6.23. The third-order valence-electron chi connectivity index (χ3n) is 2.56. The lowest BCUT2D eigenvalue weighted by atomic mass is 10.1. The SMILES string of the molecule is Cc1cccc(NCC(C)CO)c1C. The van der Waals surface area contributed by atoms with Gasteiger partial charge in [0.15, 0.2) is 0 Å². The minimum Gasteiger partial charge on any atom is -0.396 e. The molecule has 0 aliphatic carbocycles. The lowest BCUT2D eigenvalue weighted by molar-refractivity contribution is 0.244. The molecule has 0 spiro atoms. The van der Waals surface area contributed by atoms with Crippen molar-refractivity contribution in [2.75, 3.05) is 18.5 Å². The maximum atomic E-state index is 8.90. The molecule has 0 fully saturated rings. The minimum atomic E-state index is 0.234. The molecule has 0 heterocycles. The molecule has 0 saturated heterocycles. The zero-order chi connectivity index (χ0) is 10.6. The standard InChI is InChI=1S/C12H19NO/c1-9(8-14)7-13-12-6-4-5-10(2)11(12)3/h4-6,9,13-14H,7-8H2,1-3H3. The highest BCUT2D eigenvalue weighted by molar-refractivity contribution is 5.53. The molecule has 1 rings (SSSR count). The predicted octanol–water partition coefficient (Wildman–Crippen LogP) is 2.34. The van der Waals surface area contributed by atoms with E-state index in [0.29, 0.717) is 5.92 Å².